The standard InChI is InChI=1S/C9H10BrF3N2O3/c1-17-2-5-7(10)8(16)15-6(14-5)3-18-4-9(11,12)13/h2-4H2,1H3,(H,14,15,16). The minimum absolute atomic E-state index is 0.0134. The summed E-state index contributed by atoms with van der Waals surface area (Å²) in [7, 11) is 1.41. The van der Waals surface area contributed by atoms with E-state index < -0.39 is 24.9 Å². The van der Waals surface area contributed by atoms with Crippen LogP contribution in [-0.4, -0.2) is 29.9 Å². The number of aromatic nitrogens is 2. The van der Waals surface area contributed by atoms with Crippen molar-refractivity contribution in [3.63, 3.8) is 0 Å². The molecule has 0 aromatic carbocycles. The van der Waals surface area contributed by atoms with Crippen LogP contribution in [0.2, 0.25) is 0 Å². The fourth-order valence-corrected chi connectivity index (χ4v) is 1.42. The molecular weight excluding hydrogens is 321 g/mol. The molecule has 1 N–H and O–H groups in total. The molecule has 0 spiro atoms. The number of H-pyrrole nitrogens is 1. The van der Waals surface area contributed by atoms with Gasteiger partial charge in [-0.3, -0.25) is 4.79 Å². The quantitative estimate of drug-likeness (QED) is 0.893. The number of halogens is 4. The lowest BCUT2D eigenvalue weighted by molar-refractivity contribution is -0.177. The molecule has 0 bridgehead atoms. The van der Waals surface area contributed by atoms with Gasteiger partial charge in [0.15, 0.2) is 0 Å². The van der Waals surface area contributed by atoms with Crippen molar-refractivity contribution in [2.75, 3.05) is 13.7 Å². The number of nitrogens with one attached hydrogen (secondary N) is 1. The first-order valence-electron chi connectivity index (χ1n) is 4.74. The molecule has 1 aromatic heterocycles. The van der Waals surface area contributed by atoms with Crippen LogP contribution in [0.25, 0.3) is 0 Å². The van der Waals surface area contributed by atoms with E-state index in [0.717, 1.165) is 0 Å². The second kappa shape index (κ2) is 6.30. The van der Waals surface area contributed by atoms with Gasteiger partial charge in [-0.25, -0.2) is 4.98 Å². The summed E-state index contributed by atoms with van der Waals surface area (Å²) in [6, 6.07) is 0. The third-order valence-corrected chi connectivity index (χ3v) is 2.58. The van der Waals surface area contributed by atoms with E-state index >= 15 is 0 Å². The van der Waals surface area contributed by atoms with Crippen LogP contribution in [0.3, 0.4) is 0 Å². The molecule has 0 atom stereocenters. The number of hydrogen-bond acceptors (Lipinski definition) is 4. The molecule has 1 aromatic rings. The molecule has 18 heavy (non-hydrogen) atoms. The van der Waals surface area contributed by atoms with Crippen molar-refractivity contribution in [1.82, 2.24) is 9.97 Å². The second-order valence-corrected chi connectivity index (χ2v) is 4.11. The Kier molecular flexibility index (Phi) is 5.29. The number of nitrogens with zero attached hydrogens (tertiary/aromatic N) is 1. The normalized spacial score (nSPS) is 11.8. The Balaban J connectivity index is 2.75. The van der Waals surface area contributed by atoms with Gasteiger partial charge in [0.05, 0.1) is 12.3 Å². The smallest absolute Gasteiger partial charge is 0.378 e. The summed E-state index contributed by atoms with van der Waals surface area (Å²) in [4.78, 5) is 17.6. The van der Waals surface area contributed by atoms with Crippen LogP contribution < -0.4 is 5.56 Å². The highest BCUT2D eigenvalue weighted by Gasteiger charge is 2.27. The number of methoxy groups -OCH3 is 1. The number of alkyl halides is 3. The van der Waals surface area contributed by atoms with E-state index in [0.29, 0.717) is 5.69 Å². The summed E-state index contributed by atoms with van der Waals surface area (Å²) in [5.74, 6) is 0.0134. The van der Waals surface area contributed by atoms with Gasteiger partial charge in [0.25, 0.3) is 5.56 Å². The third kappa shape index (κ3) is 4.75. The Morgan fingerprint density at radius 2 is 2.06 bits per heavy atom. The lowest BCUT2D eigenvalue weighted by Crippen LogP contribution is -2.20. The summed E-state index contributed by atoms with van der Waals surface area (Å²) in [6.07, 6.45) is -4.41. The first kappa shape index (κ1) is 15.1. The van der Waals surface area contributed by atoms with Gasteiger partial charge in [-0.15, -0.1) is 0 Å². The van der Waals surface area contributed by atoms with Crippen molar-refractivity contribution >= 4 is 15.9 Å². The van der Waals surface area contributed by atoms with Crippen molar-refractivity contribution in [3.05, 3.63) is 26.3 Å². The predicted octanol–water partition coefficient (Wildman–Crippen LogP) is 1.76. The maximum Gasteiger partial charge on any atom is 0.411 e. The van der Waals surface area contributed by atoms with Gasteiger partial charge in [-0.2, -0.15) is 13.2 Å². The summed E-state index contributed by atoms with van der Waals surface area (Å²) < 4.78 is 45.0. The average Bonchev–Trinajstić information content (AvgIpc) is 2.23. The lowest BCUT2D eigenvalue weighted by atomic mass is 10.4. The fraction of sp³-hybridized carbons (Fsp3) is 0.556. The molecule has 0 amide bonds. The Morgan fingerprint density at radius 3 is 2.61 bits per heavy atom. The Hall–Kier alpha value is -0.930. The van der Waals surface area contributed by atoms with Crippen LogP contribution >= 0.6 is 15.9 Å². The molecule has 5 nitrogen and oxygen atoms in total. The fourth-order valence-electron chi connectivity index (χ4n) is 1.12. The van der Waals surface area contributed by atoms with Crippen molar-refractivity contribution in [3.8, 4) is 0 Å². The maximum atomic E-state index is 11.9. The minimum atomic E-state index is -4.41. The van der Waals surface area contributed by atoms with Crippen LogP contribution in [-0.2, 0) is 22.7 Å². The van der Waals surface area contributed by atoms with E-state index in [4.69, 9.17) is 4.74 Å². The molecule has 1 heterocycles. The zero-order valence-electron chi connectivity index (χ0n) is 9.31. The summed E-state index contributed by atoms with van der Waals surface area (Å²) in [5.41, 5.74) is -0.200. The summed E-state index contributed by atoms with van der Waals surface area (Å²) in [6.45, 7) is -1.76. The highest BCUT2D eigenvalue weighted by Crippen LogP contribution is 2.15. The predicted molar refractivity (Wildman–Crippen MR) is 59.0 cm³/mol. The minimum Gasteiger partial charge on any atom is -0.378 e. The first-order valence-corrected chi connectivity index (χ1v) is 5.54. The van der Waals surface area contributed by atoms with Crippen molar-refractivity contribution in [1.29, 1.82) is 0 Å². The molecule has 1 rings (SSSR count). The van der Waals surface area contributed by atoms with E-state index in [1.165, 1.54) is 7.11 Å². The van der Waals surface area contributed by atoms with Crippen molar-refractivity contribution in [2.45, 2.75) is 19.4 Å². The van der Waals surface area contributed by atoms with Gasteiger partial charge >= 0.3 is 6.18 Å². The molecule has 0 radical (unpaired) electrons. The van der Waals surface area contributed by atoms with E-state index in [2.05, 4.69) is 30.6 Å². The van der Waals surface area contributed by atoms with Gasteiger partial charge in [0, 0.05) is 7.11 Å². The molecule has 0 saturated heterocycles. The molecule has 0 aliphatic heterocycles. The van der Waals surface area contributed by atoms with E-state index in [9.17, 15) is 18.0 Å². The van der Waals surface area contributed by atoms with E-state index in [-0.39, 0.29) is 16.9 Å². The largest absolute Gasteiger partial charge is 0.411 e. The van der Waals surface area contributed by atoms with Gasteiger partial charge in [-0.1, -0.05) is 0 Å². The van der Waals surface area contributed by atoms with Crippen LogP contribution in [0, 0.1) is 0 Å². The van der Waals surface area contributed by atoms with Crippen molar-refractivity contribution < 1.29 is 22.6 Å². The van der Waals surface area contributed by atoms with E-state index in [1.807, 2.05) is 0 Å². The monoisotopic (exact) mass is 330 g/mol. The highest BCUT2D eigenvalue weighted by molar-refractivity contribution is 9.10. The van der Waals surface area contributed by atoms with Crippen LogP contribution in [0.4, 0.5) is 13.2 Å². The highest BCUT2D eigenvalue weighted by atomic mass is 79.9. The SMILES string of the molecule is COCc1nc(COCC(F)(F)F)[nH]c(=O)c1Br. The number of rotatable bonds is 5. The van der Waals surface area contributed by atoms with Gasteiger partial charge in [0.1, 0.15) is 23.5 Å². The Labute approximate surface area is 108 Å². The molecule has 0 aliphatic rings. The Morgan fingerprint density at radius 1 is 1.39 bits per heavy atom. The van der Waals surface area contributed by atoms with Gasteiger partial charge in [0.2, 0.25) is 0 Å². The summed E-state index contributed by atoms with van der Waals surface area (Å²) >= 11 is 3.01. The molecule has 0 saturated carbocycles. The zero-order valence-corrected chi connectivity index (χ0v) is 10.9. The molecule has 0 fully saturated rings. The zero-order chi connectivity index (χ0) is 13.8. The molecule has 102 valence electrons. The van der Waals surface area contributed by atoms with E-state index in [1.54, 1.807) is 0 Å². The molecule has 9 heteroatoms. The number of aromatic amines is 1. The average molecular weight is 331 g/mol. The van der Waals surface area contributed by atoms with Gasteiger partial charge < -0.3 is 14.5 Å². The topological polar surface area (TPSA) is 64.2 Å². The van der Waals surface area contributed by atoms with Crippen LogP contribution in [0.5, 0.6) is 0 Å². The number of ether oxygens (including phenoxy) is 2. The van der Waals surface area contributed by atoms with Gasteiger partial charge in [-0.05, 0) is 15.9 Å². The van der Waals surface area contributed by atoms with Crippen molar-refractivity contribution in [2.24, 2.45) is 0 Å². The maximum absolute atomic E-state index is 11.9. The first-order chi connectivity index (χ1) is 8.33. The molecule has 0 aliphatic carbocycles. The lowest BCUT2D eigenvalue weighted by Gasteiger charge is -2.08. The van der Waals surface area contributed by atoms with Crippen LogP contribution in [0.15, 0.2) is 9.27 Å². The molecular formula is C9H10BrF3N2O3. The Bertz CT molecular complexity index is 461. The number of hydrogen-bond donors (Lipinski definition) is 1. The summed E-state index contributed by atoms with van der Waals surface area (Å²) in [5, 5.41) is 0. The second-order valence-electron chi connectivity index (χ2n) is 3.31. The van der Waals surface area contributed by atoms with Crippen LogP contribution in [0.1, 0.15) is 11.5 Å². The third-order valence-electron chi connectivity index (χ3n) is 1.77. The molecule has 0 unspecified atom stereocenters.